The van der Waals surface area contributed by atoms with Crippen molar-refractivity contribution in [2.75, 3.05) is 0 Å². The Balaban J connectivity index is 0.000000230. The number of hydrogen-bond donors (Lipinski definition) is 4. The van der Waals surface area contributed by atoms with Crippen molar-refractivity contribution < 1.29 is 28.8 Å². The van der Waals surface area contributed by atoms with E-state index in [-0.39, 0.29) is 11.8 Å². The number of barbiturate groups is 2. The van der Waals surface area contributed by atoms with Crippen molar-refractivity contribution in [2.24, 2.45) is 35.5 Å². The van der Waals surface area contributed by atoms with E-state index in [0.29, 0.717) is 11.8 Å². The highest BCUT2D eigenvalue weighted by Crippen LogP contribution is 2.38. The molecule has 0 bridgehead atoms. The number of carbonyl (C=O) groups excluding carboxylic acids is 6. The molecule has 2 saturated heterocycles. The van der Waals surface area contributed by atoms with Crippen molar-refractivity contribution in [2.45, 2.75) is 117 Å². The minimum Gasteiger partial charge on any atom is -0.277 e. The first kappa shape index (κ1) is 31.7. The molecule has 2 heterocycles. The smallest absolute Gasteiger partial charge is 0.277 e. The average Bonchev–Trinajstić information content (AvgIpc) is 2.92. The quantitative estimate of drug-likeness (QED) is 0.224. The number of rotatable bonds is 10. The van der Waals surface area contributed by atoms with Gasteiger partial charge < -0.3 is 0 Å². The van der Waals surface area contributed by atoms with Gasteiger partial charge in [0.15, 0.2) is 0 Å². The second kappa shape index (κ2) is 15.9. The summed E-state index contributed by atoms with van der Waals surface area (Å²) < 4.78 is 0. The molecule has 0 radical (unpaired) electrons. The molecule has 0 aromatic rings. The summed E-state index contributed by atoms with van der Waals surface area (Å²) >= 11 is 0. The Morgan fingerprint density at radius 3 is 1.48 bits per heavy atom. The fourth-order valence-corrected chi connectivity index (χ4v) is 7.08. The molecule has 0 aromatic carbocycles. The Hall–Kier alpha value is -2.78. The summed E-state index contributed by atoms with van der Waals surface area (Å²) in [7, 11) is 0. The van der Waals surface area contributed by atoms with Crippen molar-refractivity contribution in [3.63, 3.8) is 0 Å². The molecule has 40 heavy (non-hydrogen) atoms. The molecule has 224 valence electrons. The Morgan fingerprint density at radius 1 is 0.575 bits per heavy atom. The van der Waals surface area contributed by atoms with E-state index >= 15 is 0 Å². The van der Waals surface area contributed by atoms with Crippen molar-refractivity contribution in [3.8, 4) is 0 Å². The van der Waals surface area contributed by atoms with Gasteiger partial charge in [-0.3, -0.25) is 40.4 Å². The summed E-state index contributed by atoms with van der Waals surface area (Å²) in [5, 5.41) is 8.90. The largest absolute Gasteiger partial charge is 0.328 e. The Labute approximate surface area is 237 Å². The minimum atomic E-state index is -0.712. The maximum Gasteiger partial charge on any atom is 0.328 e. The first-order chi connectivity index (χ1) is 19.2. The SMILES string of the molecule is CC(C1CCCCC1)C1C(=O)NC(=O)NC1=O.CCCCCCCC(C1CCCCC1)C1C(=O)NC(=O)NC1=O. The van der Waals surface area contributed by atoms with Crippen molar-refractivity contribution in [1.82, 2.24) is 21.3 Å². The lowest BCUT2D eigenvalue weighted by atomic mass is 9.71. The van der Waals surface area contributed by atoms with E-state index in [1.807, 2.05) is 6.92 Å². The van der Waals surface area contributed by atoms with Crippen molar-refractivity contribution in [1.29, 1.82) is 0 Å². The fraction of sp³-hybridized carbons (Fsp3) is 0.800. The molecule has 4 rings (SSSR count). The van der Waals surface area contributed by atoms with Crippen LogP contribution < -0.4 is 21.3 Å². The van der Waals surface area contributed by atoms with Crippen LogP contribution in [0.25, 0.3) is 0 Å². The highest BCUT2D eigenvalue weighted by molar-refractivity contribution is 6.17. The van der Waals surface area contributed by atoms with Crippen molar-refractivity contribution in [3.05, 3.63) is 0 Å². The third-order valence-corrected chi connectivity index (χ3v) is 9.32. The molecule has 2 saturated carbocycles. The van der Waals surface area contributed by atoms with Gasteiger partial charge in [-0.15, -0.1) is 0 Å². The van der Waals surface area contributed by atoms with Crippen LogP contribution >= 0.6 is 0 Å². The number of carbonyl (C=O) groups is 6. The lowest BCUT2D eigenvalue weighted by Gasteiger charge is -2.36. The fourth-order valence-electron chi connectivity index (χ4n) is 7.08. The molecule has 0 spiro atoms. The van der Waals surface area contributed by atoms with Gasteiger partial charge in [0.25, 0.3) is 0 Å². The summed E-state index contributed by atoms with van der Waals surface area (Å²) in [4.78, 5) is 70.2. The summed E-state index contributed by atoms with van der Waals surface area (Å²) in [6.45, 7) is 4.13. The standard InChI is InChI=1S/C18H30N2O3.C12H18N2O3/c1-2-3-4-5-9-12-14(13-10-7-6-8-11-13)15-16(21)19-18(23)20-17(15)22;1-7(8-5-3-2-4-6-8)9-10(15)13-12(17)14-11(9)16/h13-15H,2-12H2,1H3,(H2,19,20,21,22,23);7-9H,2-6H2,1H3,(H2,13,14,15,16,17). The number of imide groups is 4. The number of urea groups is 2. The third-order valence-electron chi connectivity index (χ3n) is 9.32. The van der Waals surface area contributed by atoms with E-state index in [0.717, 1.165) is 44.9 Å². The zero-order valence-corrected chi connectivity index (χ0v) is 24.2. The first-order valence-corrected chi connectivity index (χ1v) is 15.5. The molecule has 4 fully saturated rings. The van der Waals surface area contributed by atoms with Gasteiger partial charge in [0, 0.05) is 0 Å². The molecule has 4 N–H and O–H groups in total. The lowest BCUT2D eigenvalue weighted by molar-refractivity contribution is -0.141. The van der Waals surface area contributed by atoms with Gasteiger partial charge in [-0.2, -0.15) is 0 Å². The van der Waals surface area contributed by atoms with Crippen LogP contribution in [0.15, 0.2) is 0 Å². The minimum absolute atomic E-state index is 0.00315. The molecular formula is C30H48N4O6. The predicted octanol–water partition coefficient (Wildman–Crippen LogP) is 4.71. The predicted molar refractivity (Wildman–Crippen MR) is 150 cm³/mol. The molecular weight excluding hydrogens is 512 g/mol. The van der Waals surface area contributed by atoms with Crippen LogP contribution in [0.3, 0.4) is 0 Å². The van der Waals surface area contributed by atoms with Gasteiger partial charge in [-0.05, 0) is 30.1 Å². The Kier molecular flexibility index (Phi) is 12.6. The zero-order chi connectivity index (χ0) is 29.1. The van der Waals surface area contributed by atoms with E-state index in [9.17, 15) is 28.8 Å². The van der Waals surface area contributed by atoms with E-state index < -0.39 is 47.5 Å². The highest BCUT2D eigenvalue weighted by Gasteiger charge is 2.43. The topological polar surface area (TPSA) is 151 Å². The number of nitrogens with one attached hydrogen (secondary N) is 4. The van der Waals surface area contributed by atoms with Crippen LogP contribution in [-0.4, -0.2) is 35.7 Å². The van der Waals surface area contributed by atoms with Crippen LogP contribution in [0, 0.1) is 35.5 Å². The second-order valence-corrected chi connectivity index (χ2v) is 12.1. The van der Waals surface area contributed by atoms with Gasteiger partial charge in [-0.1, -0.05) is 110 Å². The molecule has 2 atom stereocenters. The number of unbranched alkanes of at least 4 members (excludes halogenated alkanes) is 4. The monoisotopic (exact) mass is 560 g/mol. The van der Waals surface area contributed by atoms with E-state index in [1.54, 1.807) is 0 Å². The number of amides is 8. The summed E-state index contributed by atoms with van der Waals surface area (Å²) in [6, 6.07) is -1.38. The molecule has 10 heteroatoms. The third kappa shape index (κ3) is 8.86. The maximum absolute atomic E-state index is 12.2. The Morgan fingerprint density at radius 2 is 1.00 bits per heavy atom. The van der Waals surface area contributed by atoms with E-state index in [1.165, 1.54) is 57.8 Å². The Bertz CT molecular complexity index is 885. The van der Waals surface area contributed by atoms with Crippen LogP contribution in [-0.2, 0) is 19.2 Å². The molecule has 10 nitrogen and oxygen atoms in total. The molecule has 8 amide bonds. The summed E-state index contributed by atoms with van der Waals surface area (Å²) in [5.74, 6) is -2.17. The van der Waals surface area contributed by atoms with E-state index in [4.69, 9.17) is 0 Å². The molecule has 4 aliphatic rings. The van der Waals surface area contributed by atoms with Crippen LogP contribution in [0.2, 0.25) is 0 Å². The average molecular weight is 561 g/mol. The second-order valence-electron chi connectivity index (χ2n) is 12.1. The summed E-state index contributed by atoms with van der Waals surface area (Å²) in [5.41, 5.74) is 0. The van der Waals surface area contributed by atoms with Crippen LogP contribution in [0.1, 0.15) is 117 Å². The molecule has 2 unspecified atom stereocenters. The summed E-state index contributed by atoms with van der Waals surface area (Å²) in [6.07, 6.45) is 18.4. The molecule has 2 aliphatic carbocycles. The molecule has 2 aliphatic heterocycles. The normalized spacial score (nSPS) is 23.4. The van der Waals surface area contributed by atoms with E-state index in [2.05, 4.69) is 28.2 Å². The van der Waals surface area contributed by atoms with Crippen LogP contribution in [0.5, 0.6) is 0 Å². The number of hydrogen-bond acceptors (Lipinski definition) is 6. The van der Waals surface area contributed by atoms with Crippen LogP contribution in [0.4, 0.5) is 9.59 Å². The lowest BCUT2D eigenvalue weighted by Crippen LogP contribution is -2.58. The maximum atomic E-state index is 12.2. The van der Waals surface area contributed by atoms with Gasteiger partial charge >= 0.3 is 12.1 Å². The zero-order valence-electron chi connectivity index (χ0n) is 24.2. The van der Waals surface area contributed by atoms with Gasteiger partial charge in [0.2, 0.25) is 23.6 Å². The van der Waals surface area contributed by atoms with Gasteiger partial charge in [-0.25, -0.2) is 9.59 Å². The van der Waals surface area contributed by atoms with Gasteiger partial charge in [0.1, 0.15) is 11.8 Å². The molecule has 0 aromatic heterocycles. The highest BCUT2D eigenvalue weighted by atomic mass is 16.2. The first-order valence-electron chi connectivity index (χ1n) is 15.5. The van der Waals surface area contributed by atoms with Gasteiger partial charge in [0.05, 0.1) is 0 Å². The van der Waals surface area contributed by atoms with Crippen molar-refractivity contribution >= 4 is 35.7 Å².